The summed E-state index contributed by atoms with van der Waals surface area (Å²) in [5, 5.41) is 0.223. The van der Waals surface area contributed by atoms with Gasteiger partial charge < -0.3 is 9.16 Å². The minimum absolute atomic E-state index is 0.169. The summed E-state index contributed by atoms with van der Waals surface area (Å²) in [6.07, 6.45) is 4.05. The lowest BCUT2D eigenvalue weighted by Crippen LogP contribution is -2.40. The average Bonchev–Trinajstić information content (AvgIpc) is 2.22. The Labute approximate surface area is 113 Å². The molecule has 0 aromatic heterocycles. The van der Waals surface area contributed by atoms with Gasteiger partial charge >= 0.3 is 5.97 Å². The van der Waals surface area contributed by atoms with Crippen LogP contribution in [0.25, 0.3) is 0 Å². The van der Waals surface area contributed by atoms with Gasteiger partial charge in [0.25, 0.3) is 0 Å². The highest BCUT2D eigenvalue weighted by Crippen LogP contribution is 2.36. The zero-order valence-electron chi connectivity index (χ0n) is 12.9. The molecule has 0 radical (unpaired) electrons. The summed E-state index contributed by atoms with van der Waals surface area (Å²) >= 11 is 0. The largest absolute Gasteiger partial charge is 0.458 e. The van der Waals surface area contributed by atoms with Crippen LogP contribution in [0.15, 0.2) is 12.2 Å². The Morgan fingerprint density at radius 2 is 1.89 bits per heavy atom. The quantitative estimate of drug-likeness (QED) is 0.418. The van der Waals surface area contributed by atoms with Crippen molar-refractivity contribution < 1.29 is 14.0 Å². The zero-order valence-corrected chi connectivity index (χ0v) is 13.9. The molecule has 0 saturated carbocycles. The van der Waals surface area contributed by atoms with E-state index < -0.39 is 8.32 Å². The minimum Gasteiger partial charge on any atom is -0.458 e. The molecule has 106 valence electrons. The molecular formula is C14H28O3Si. The van der Waals surface area contributed by atoms with E-state index in [1.54, 1.807) is 6.92 Å². The first-order valence-electron chi connectivity index (χ1n) is 6.60. The fraction of sp³-hybridized carbons (Fsp3) is 0.786. The Balaban J connectivity index is 4.08. The third kappa shape index (κ3) is 6.35. The lowest BCUT2D eigenvalue weighted by atomic mass is 10.2. The van der Waals surface area contributed by atoms with Crippen LogP contribution in [-0.2, 0) is 14.0 Å². The van der Waals surface area contributed by atoms with E-state index in [1.165, 1.54) is 0 Å². The van der Waals surface area contributed by atoms with Crippen LogP contribution in [-0.4, -0.2) is 27.0 Å². The molecule has 3 nitrogen and oxygen atoms in total. The summed E-state index contributed by atoms with van der Waals surface area (Å²) in [5.74, 6) is -0.169. The Kier molecular flexibility index (Phi) is 6.85. The summed E-state index contributed by atoms with van der Waals surface area (Å²) in [4.78, 5) is 11.1. The van der Waals surface area contributed by atoms with Crippen LogP contribution in [0.2, 0.25) is 18.1 Å². The van der Waals surface area contributed by atoms with Crippen molar-refractivity contribution in [3.05, 3.63) is 12.2 Å². The van der Waals surface area contributed by atoms with E-state index in [4.69, 9.17) is 9.16 Å². The van der Waals surface area contributed by atoms with E-state index in [0.29, 0.717) is 13.0 Å². The lowest BCUT2D eigenvalue weighted by molar-refractivity contribution is -0.145. The lowest BCUT2D eigenvalue weighted by Gasteiger charge is -2.35. The van der Waals surface area contributed by atoms with Crippen LogP contribution in [0.1, 0.15) is 41.0 Å². The zero-order chi connectivity index (χ0) is 14.4. The number of rotatable bonds is 6. The van der Waals surface area contributed by atoms with Gasteiger partial charge in [0.2, 0.25) is 0 Å². The highest BCUT2D eigenvalue weighted by molar-refractivity contribution is 6.74. The highest BCUT2D eigenvalue weighted by atomic mass is 28.4. The molecule has 4 heteroatoms. The number of ether oxygens (including phenoxy) is 1. The van der Waals surface area contributed by atoms with E-state index >= 15 is 0 Å². The average molecular weight is 272 g/mol. The number of esters is 1. The summed E-state index contributed by atoms with van der Waals surface area (Å²) in [6.45, 7) is 15.3. The van der Waals surface area contributed by atoms with Gasteiger partial charge in [0.05, 0.1) is 6.61 Å². The number of carbonyl (C=O) groups is 1. The standard InChI is InChI=1S/C14H28O3Si/c1-8-13(15)17-12(2)10-9-11-16-18(6,7)14(3,4)5/h9-10,12H,8,11H2,1-7H3/b10-9-/t12-/m0/s1. The Morgan fingerprint density at radius 1 is 1.33 bits per heavy atom. The molecule has 0 saturated heterocycles. The summed E-state index contributed by atoms with van der Waals surface area (Å²) in [6, 6.07) is 0. The molecule has 1 atom stereocenters. The van der Waals surface area contributed by atoms with Crippen molar-refractivity contribution >= 4 is 14.3 Å². The third-order valence-corrected chi connectivity index (χ3v) is 7.86. The minimum atomic E-state index is -1.67. The third-order valence-electron chi connectivity index (χ3n) is 3.36. The Bertz CT molecular complexity index is 290. The van der Waals surface area contributed by atoms with Gasteiger partial charge in [-0.05, 0) is 31.1 Å². The molecule has 0 amide bonds. The van der Waals surface area contributed by atoms with Crippen molar-refractivity contribution in [2.75, 3.05) is 6.61 Å². The fourth-order valence-electron chi connectivity index (χ4n) is 1.05. The molecule has 0 unspecified atom stereocenters. The van der Waals surface area contributed by atoms with Crippen LogP contribution in [0, 0.1) is 0 Å². The van der Waals surface area contributed by atoms with Crippen molar-refractivity contribution in [3.8, 4) is 0 Å². The highest BCUT2D eigenvalue weighted by Gasteiger charge is 2.36. The van der Waals surface area contributed by atoms with E-state index in [-0.39, 0.29) is 17.1 Å². The van der Waals surface area contributed by atoms with Gasteiger partial charge in [0.1, 0.15) is 6.10 Å². The van der Waals surface area contributed by atoms with E-state index in [9.17, 15) is 4.79 Å². The molecule has 0 fully saturated rings. The van der Waals surface area contributed by atoms with Crippen LogP contribution in [0.5, 0.6) is 0 Å². The van der Waals surface area contributed by atoms with Gasteiger partial charge in [-0.3, -0.25) is 4.79 Å². The predicted molar refractivity (Wildman–Crippen MR) is 78.1 cm³/mol. The molecule has 0 aromatic carbocycles. The van der Waals surface area contributed by atoms with Crippen molar-refractivity contribution in [1.82, 2.24) is 0 Å². The fourth-order valence-corrected chi connectivity index (χ4v) is 2.00. The topological polar surface area (TPSA) is 35.5 Å². The maximum absolute atomic E-state index is 11.1. The van der Waals surface area contributed by atoms with Crippen LogP contribution < -0.4 is 0 Å². The maximum Gasteiger partial charge on any atom is 0.306 e. The van der Waals surface area contributed by atoms with E-state index in [1.807, 2.05) is 19.1 Å². The van der Waals surface area contributed by atoms with Gasteiger partial charge in [-0.25, -0.2) is 0 Å². The number of hydrogen-bond donors (Lipinski definition) is 0. The second-order valence-electron chi connectivity index (χ2n) is 6.05. The molecule has 0 rings (SSSR count). The Morgan fingerprint density at radius 3 is 2.33 bits per heavy atom. The first-order valence-corrected chi connectivity index (χ1v) is 9.51. The normalized spacial score (nSPS) is 14.8. The van der Waals surface area contributed by atoms with Crippen molar-refractivity contribution in [2.24, 2.45) is 0 Å². The second-order valence-corrected chi connectivity index (χ2v) is 10.9. The van der Waals surface area contributed by atoms with Crippen molar-refractivity contribution in [1.29, 1.82) is 0 Å². The first kappa shape index (κ1) is 17.4. The molecule has 0 N–H and O–H groups in total. The van der Waals surface area contributed by atoms with E-state index in [2.05, 4.69) is 33.9 Å². The van der Waals surface area contributed by atoms with Gasteiger partial charge in [-0.2, -0.15) is 0 Å². The predicted octanol–water partition coefficient (Wildman–Crippen LogP) is 3.91. The molecule has 0 bridgehead atoms. The first-order chi connectivity index (χ1) is 8.10. The van der Waals surface area contributed by atoms with Gasteiger partial charge in [-0.1, -0.05) is 33.8 Å². The number of carbonyl (C=O) groups excluding carboxylic acids is 1. The second kappa shape index (κ2) is 7.09. The van der Waals surface area contributed by atoms with Crippen LogP contribution in [0.4, 0.5) is 0 Å². The molecule has 0 aliphatic carbocycles. The maximum atomic E-state index is 11.1. The molecule has 0 heterocycles. The van der Waals surface area contributed by atoms with Crippen molar-refractivity contribution in [3.63, 3.8) is 0 Å². The molecule has 18 heavy (non-hydrogen) atoms. The van der Waals surface area contributed by atoms with Crippen LogP contribution in [0.3, 0.4) is 0 Å². The summed E-state index contributed by atoms with van der Waals surface area (Å²) < 4.78 is 11.1. The van der Waals surface area contributed by atoms with Crippen LogP contribution >= 0.6 is 0 Å². The summed E-state index contributed by atoms with van der Waals surface area (Å²) in [7, 11) is -1.67. The molecule has 0 spiro atoms. The van der Waals surface area contributed by atoms with Gasteiger partial charge in [0.15, 0.2) is 8.32 Å². The van der Waals surface area contributed by atoms with Gasteiger partial charge in [0, 0.05) is 6.42 Å². The van der Waals surface area contributed by atoms with Crippen molar-refractivity contribution in [2.45, 2.75) is 65.3 Å². The Hall–Kier alpha value is -0.613. The molecule has 0 aliphatic heterocycles. The smallest absolute Gasteiger partial charge is 0.306 e. The monoisotopic (exact) mass is 272 g/mol. The summed E-state index contributed by atoms with van der Waals surface area (Å²) in [5.41, 5.74) is 0. The van der Waals surface area contributed by atoms with Gasteiger partial charge in [-0.15, -0.1) is 0 Å². The SMILES string of the molecule is CCC(=O)O[C@@H](C)/C=C\CO[Si](C)(C)C(C)(C)C. The number of hydrogen-bond acceptors (Lipinski definition) is 3. The molecule has 0 aliphatic rings. The molecular weight excluding hydrogens is 244 g/mol. The molecule has 0 aromatic rings. The van der Waals surface area contributed by atoms with E-state index in [0.717, 1.165) is 0 Å².